The summed E-state index contributed by atoms with van der Waals surface area (Å²) in [6.45, 7) is 5.74. The second kappa shape index (κ2) is 15.4. The minimum atomic E-state index is -0.937. The van der Waals surface area contributed by atoms with E-state index in [0.717, 1.165) is 25.7 Å². The minimum absolute atomic E-state index is 0.309. The van der Waals surface area contributed by atoms with Gasteiger partial charge in [0.05, 0.1) is 6.61 Å². The van der Waals surface area contributed by atoms with Gasteiger partial charge in [-0.3, -0.25) is 0 Å². The number of amides is 2. The Bertz CT molecular complexity index is 309. The third kappa shape index (κ3) is 18.5. The quantitative estimate of drug-likeness (QED) is 0.418. The van der Waals surface area contributed by atoms with Gasteiger partial charge in [0.25, 0.3) is 0 Å². The van der Waals surface area contributed by atoms with Gasteiger partial charge in [-0.05, 0) is 18.8 Å². The second-order valence-corrected chi connectivity index (χ2v) is 6.33. The van der Waals surface area contributed by atoms with Crippen LogP contribution < -0.4 is 10.6 Å². The first-order valence-electron chi connectivity index (χ1n) is 8.89. The zero-order chi connectivity index (χ0) is 17.3. The fourth-order valence-electron chi connectivity index (χ4n) is 2.17. The van der Waals surface area contributed by atoms with E-state index in [-0.39, 0.29) is 6.09 Å². The lowest BCUT2D eigenvalue weighted by Gasteiger charge is -2.08. The van der Waals surface area contributed by atoms with Crippen LogP contribution in [0.15, 0.2) is 0 Å². The predicted octanol–water partition coefficient (Wildman–Crippen LogP) is 4.15. The lowest BCUT2D eigenvalue weighted by Crippen LogP contribution is -2.26. The van der Waals surface area contributed by atoms with Crippen molar-refractivity contribution < 1.29 is 19.4 Å². The highest BCUT2D eigenvalue weighted by Gasteiger charge is 2.02. The molecule has 0 aliphatic carbocycles. The fourth-order valence-corrected chi connectivity index (χ4v) is 2.17. The van der Waals surface area contributed by atoms with Gasteiger partial charge in [-0.15, -0.1) is 0 Å². The number of carbonyl (C=O) groups is 2. The van der Waals surface area contributed by atoms with Crippen LogP contribution in [-0.4, -0.2) is 37.0 Å². The molecule has 0 saturated heterocycles. The van der Waals surface area contributed by atoms with Crippen molar-refractivity contribution in [1.82, 2.24) is 10.6 Å². The first-order chi connectivity index (χ1) is 11.0. The SMILES string of the molecule is CC(C)COC(=O)NCCCCCCCCCCCNC(=O)O. The fraction of sp³-hybridized carbons (Fsp3) is 0.882. The van der Waals surface area contributed by atoms with Crippen LogP contribution in [-0.2, 0) is 4.74 Å². The topological polar surface area (TPSA) is 87.7 Å². The zero-order valence-electron chi connectivity index (χ0n) is 14.7. The molecule has 0 heterocycles. The van der Waals surface area contributed by atoms with E-state index in [9.17, 15) is 9.59 Å². The van der Waals surface area contributed by atoms with Crippen LogP contribution >= 0.6 is 0 Å². The third-order valence-electron chi connectivity index (χ3n) is 3.45. The summed E-state index contributed by atoms with van der Waals surface area (Å²) in [7, 11) is 0. The van der Waals surface area contributed by atoms with Crippen molar-refractivity contribution in [2.24, 2.45) is 5.92 Å². The predicted molar refractivity (Wildman–Crippen MR) is 91.8 cm³/mol. The van der Waals surface area contributed by atoms with Crippen molar-refractivity contribution in [1.29, 1.82) is 0 Å². The maximum Gasteiger partial charge on any atom is 0.407 e. The van der Waals surface area contributed by atoms with E-state index in [1.54, 1.807) is 0 Å². The first kappa shape index (κ1) is 21.5. The molecule has 0 spiro atoms. The Kier molecular flexibility index (Phi) is 14.5. The molecule has 0 fully saturated rings. The highest BCUT2D eigenvalue weighted by Crippen LogP contribution is 2.09. The minimum Gasteiger partial charge on any atom is -0.465 e. The summed E-state index contributed by atoms with van der Waals surface area (Å²) in [6, 6.07) is 0. The molecule has 6 heteroatoms. The van der Waals surface area contributed by atoms with E-state index >= 15 is 0 Å². The molecule has 0 atom stereocenters. The molecule has 3 N–H and O–H groups in total. The van der Waals surface area contributed by atoms with Crippen LogP contribution in [0.5, 0.6) is 0 Å². The molecule has 2 amide bonds. The Labute approximate surface area is 140 Å². The summed E-state index contributed by atoms with van der Waals surface area (Å²) in [4.78, 5) is 21.5. The summed E-state index contributed by atoms with van der Waals surface area (Å²) in [5.74, 6) is 0.370. The van der Waals surface area contributed by atoms with Gasteiger partial charge in [-0.2, -0.15) is 0 Å². The van der Waals surface area contributed by atoms with Gasteiger partial charge in [-0.1, -0.05) is 58.8 Å². The van der Waals surface area contributed by atoms with Gasteiger partial charge in [0.15, 0.2) is 0 Å². The van der Waals surface area contributed by atoms with Gasteiger partial charge in [-0.25, -0.2) is 9.59 Å². The Balaban J connectivity index is 3.13. The number of rotatable bonds is 14. The average Bonchev–Trinajstić information content (AvgIpc) is 2.49. The lowest BCUT2D eigenvalue weighted by atomic mass is 10.1. The highest BCUT2D eigenvalue weighted by atomic mass is 16.5. The Morgan fingerprint density at radius 2 is 1.26 bits per heavy atom. The van der Waals surface area contributed by atoms with E-state index in [1.807, 2.05) is 13.8 Å². The molecule has 0 aliphatic heterocycles. The largest absolute Gasteiger partial charge is 0.465 e. The number of hydrogen-bond donors (Lipinski definition) is 3. The maximum absolute atomic E-state index is 11.3. The standard InChI is InChI=1S/C17H34N2O4/c1-15(2)14-23-17(22)19-13-11-9-7-5-3-4-6-8-10-12-18-16(20)21/h15,18H,3-14H2,1-2H3,(H,19,22)(H,20,21). The molecule has 0 aliphatic rings. The monoisotopic (exact) mass is 330 g/mol. The summed E-state index contributed by atoms with van der Waals surface area (Å²) in [6.07, 6.45) is 8.93. The molecule has 0 radical (unpaired) electrons. The third-order valence-corrected chi connectivity index (χ3v) is 3.45. The molecule has 0 bridgehead atoms. The molecule has 0 aromatic rings. The van der Waals surface area contributed by atoms with Crippen molar-refractivity contribution >= 4 is 12.2 Å². The lowest BCUT2D eigenvalue weighted by molar-refractivity contribution is 0.133. The van der Waals surface area contributed by atoms with Gasteiger partial charge >= 0.3 is 12.2 Å². The van der Waals surface area contributed by atoms with E-state index in [2.05, 4.69) is 10.6 Å². The maximum atomic E-state index is 11.3. The number of unbranched alkanes of at least 4 members (excludes halogenated alkanes) is 8. The van der Waals surface area contributed by atoms with Crippen molar-refractivity contribution in [2.45, 2.75) is 71.6 Å². The van der Waals surface area contributed by atoms with Crippen molar-refractivity contribution in [2.75, 3.05) is 19.7 Å². The van der Waals surface area contributed by atoms with Gasteiger partial charge in [0.1, 0.15) is 0 Å². The zero-order valence-corrected chi connectivity index (χ0v) is 14.7. The van der Waals surface area contributed by atoms with Crippen LogP contribution in [0, 0.1) is 5.92 Å². The Hall–Kier alpha value is -1.46. The highest BCUT2D eigenvalue weighted by molar-refractivity contribution is 5.67. The number of carboxylic acid groups (broad SMARTS) is 1. The number of alkyl carbamates (subject to hydrolysis) is 1. The van der Waals surface area contributed by atoms with Crippen LogP contribution in [0.4, 0.5) is 9.59 Å². The smallest absolute Gasteiger partial charge is 0.407 e. The molecular weight excluding hydrogens is 296 g/mol. The van der Waals surface area contributed by atoms with Crippen molar-refractivity contribution in [3.8, 4) is 0 Å². The molecule has 23 heavy (non-hydrogen) atoms. The molecule has 0 rings (SSSR count). The second-order valence-electron chi connectivity index (χ2n) is 6.33. The van der Waals surface area contributed by atoms with Crippen LogP contribution in [0.1, 0.15) is 71.6 Å². The number of nitrogens with one attached hydrogen (secondary N) is 2. The van der Waals surface area contributed by atoms with E-state index in [1.165, 1.54) is 32.1 Å². The Morgan fingerprint density at radius 3 is 1.70 bits per heavy atom. The van der Waals surface area contributed by atoms with E-state index < -0.39 is 6.09 Å². The number of hydrogen-bond acceptors (Lipinski definition) is 3. The molecular formula is C17H34N2O4. The van der Waals surface area contributed by atoms with Gasteiger partial charge in [0.2, 0.25) is 0 Å². The molecule has 0 aromatic carbocycles. The number of carbonyl (C=O) groups excluding carboxylic acids is 1. The molecule has 0 unspecified atom stereocenters. The summed E-state index contributed by atoms with van der Waals surface area (Å²) < 4.78 is 5.03. The van der Waals surface area contributed by atoms with E-state index in [4.69, 9.17) is 9.84 Å². The molecule has 0 saturated carbocycles. The van der Waals surface area contributed by atoms with Crippen molar-refractivity contribution in [3.05, 3.63) is 0 Å². The average molecular weight is 330 g/mol. The molecule has 6 nitrogen and oxygen atoms in total. The summed E-state index contributed by atoms with van der Waals surface area (Å²) in [5, 5.41) is 13.6. The van der Waals surface area contributed by atoms with Gasteiger partial charge in [0, 0.05) is 13.1 Å². The molecule has 136 valence electrons. The van der Waals surface area contributed by atoms with E-state index in [0.29, 0.717) is 25.6 Å². The number of ether oxygens (including phenoxy) is 1. The first-order valence-corrected chi connectivity index (χ1v) is 8.89. The summed E-state index contributed by atoms with van der Waals surface area (Å²) >= 11 is 0. The molecule has 0 aromatic heterocycles. The van der Waals surface area contributed by atoms with Crippen molar-refractivity contribution in [3.63, 3.8) is 0 Å². The normalized spacial score (nSPS) is 10.6. The Morgan fingerprint density at radius 1 is 0.826 bits per heavy atom. The van der Waals surface area contributed by atoms with Gasteiger partial charge < -0.3 is 20.5 Å². The van der Waals surface area contributed by atoms with Crippen LogP contribution in [0.3, 0.4) is 0 Å². The van der Waals surface area contributed by atoms with Crippen LogP contribution in [0.25, 0.3) is 0 Å². The summed E-state index contributed by atoms with van der Waals surface area (Å²) in [5.41, 5.74) is 0. The van der Waals surface area contributed by atoms with Crippen LogP contribution in [0.2, 0.25) is 0 Å².